The number of esters is 1. The summed E-state index contributed by atoms with van der Waals surface area (Å²) >= 11 is 1.49. The van der Waals surface area contributed by atoms with Gasteiger partial charge < -0.3 is 4.74 Å². The average molecular weight is 280 g/mol. The van der Waals surface area contributed by atoms with Crippen LogP contribution in [-0.4, -0.2) is 30.0 Å². The molecule has 6 heteroatoms. The molecule has 0 spiro atoms. The van der Waals surface area contributed by atoms with Crippen LogP contribution in [0.4, 0.5) is 5.13 Å². The summed E-state index contributed by atoms with van der Waals surface area (Å²) in [5.41, 5.74) is 0.929. The first-order valence-electron chi connectivity index (χ1n) is 6.45. The van der Waals surface area contributed by atoms with Crippen LogP contribution < -0.4 is 4.90 Å². The molecule has 0 bridgehead atoms. The lowest BCUT2D eigenvalue weighted by atomic mass is 10.3. The SMILES string of the molecule is COC(=O)[C@H]1C[C@H]1C(=O)N(c1nc(C)cs1)C1CC1. The van der Waals surface area contributed by atoms with E-state index in [0.29, 0.717) is 6.42 Å². The zero-order valence-corrected chi connectivity index (χ0v) is 11.8. The van der Waals surface area contributed by atoms with Gasteiger partial charge in [-0.25, -0.2) is 4.98 Å². The van der Waals surface area contributed by atoms with Gasteiger partial charge in [0.2, 0.25) is 5.91 Å². The molecule has 0 saturated heterocycles. The largest absolute Gasteiger partial charge is 0.469 e. The lowest BCUT2D eigenvalue weighted by molar-refractivity contribution is -0.143. The van der Waals surface area contributed by atoms with E-state index in [1.54, 1.807) is 4.90 Å². The second-order valence-electron chi connectivity index (χ2n) is 5.18. The summed E-state index contributed by atoms with van der Waals surface area (Å²) in [4.78, 5) is 30.1. The number of aryl methyl sites for hydroxylation is 1. The van der Waals surface area contributed by atoms with Gasteiger partial charge in [-0.15, -0.1) is 11.3 Å². The highest BCUT2D eigenvalue weighted by Crippen LogP contribution is 2.44. The van der Waals surface area contributed by atoms with E-state index in [1.807, 2.05) is 12.3 Å². The average Bonchev–Trinajstić information content (AvgIpc) is 3.29. The zero-order chi connectivity index (χ0) is 13.6. The van der Waals surface area contributed by atoms with E-state index < -0.39 is 0 Å². The Morgan fingerprint density at radius 1 is 1.42 bits per heavy atom. The molecule has 0 radical (unpaired) electrons. The number of anilines is 1. The first-order valence-corrected chi connectivity index (χ1v) is 7.33. The number of carbonyl (C=O) groups excluding carboxylic acids is 2. The summed E-state index contributed by atoms with van der Waals surface area (Å²) in [5, 5.41) is 2.71. The van der Waals surface area contributed by atoms with E-state index in [1.165, 1.54) is 18.4 Å². The molecule has 1 aromatic heterocycles. The van der Waals surface area contributed by atoms with E-state index in [9.17, 15) is 9.59 Å². The maximum absolute atomic E-state index is 12.5. The molecule has 0 aliphatic heterocycles. The van der Waals surface area contributed by atoms with Crippen LogP contribution in [0.1, 0.15) is 25.0 Å². The predicted octanol–water partition coefficient (Wildman–Crippen LogP) is 1.76. The highest BCUT2D eigenvalue weighted by Gasteiger charge is 2.52. The fourth-order valence-corrected chi connectivity index (χ4v) is 3.15. The van der Waals surface area contributed by atoms with Crippen LogP contribution >= 0.6 is 11.3 Å². The quantitative estimate of drug-likeness (QED) is 0.788. The summed E-state index contributed by atoms with van der Waals surface area (Å²) in [6, 6.07) is 0.275. The fraction of sp³-hybridized carbons (Fsp3) is 0.615. The van der Waals surface area contributed by atoms with Crippen molar-refractivity contribution >= 4 is 28.3 Å². The molecular formula is C13H16N2O3S. The van der Waals surface area contributed by atoms with Gasteiger partial charge in [-0.1, -0.05) is 0 Å². The second-order valence-corrected chi connectivity index (χ2v) is 6.02. The molecule has 1 heterocycles. The van der Waals surface area contributed by atoms with Gasteiger partial charge in [0.25, 0.3) is 0 Å². The third kappa shape index (κ3) is 2.36. The summed E-state index contributed by atoms with van der Waals surface area (Å²) in [5.74, 6) is -0.700. The minimum atomic E-state index is -0.274. The van der Waals surface area contributed by atoms with Gasteiger partial charge in [-0.3, -0.25) is 14.5 Å². The number of rotatable bonds is 4. The Morgan fingerprint density at radius 2 is 2.16 bits per heavy atom. The molecule has 2 atom stereocenters. The number of carbonyl (C=O) groups is 2. The number of hydrogen-bond donors (Lipinski definition) is 0. The van der Waals surface area contributed by atoms with Crippen LogP contribution in [0.5, 0.6) is 0 Å². The van der Waals surface area contributed by atoms with Crippen molar-refractivity contribution in [3.8, 4) is 0 Å². The van der Waals surface area contributed by atoms with Gasteiger partial charge in [-0.05, 0) is 26.2 Å². The highest BCUT2D eigenvalue weighted by atomic mass is 32.1. The van der Waals surface area contributed by atoms with Crippen molar-refractivity contribution in [1.82, 2.24) is 4.98 Å². The monoisotopic (exact) mass is 280 g/mol. The molecule has 2 aliphatic carbocycles. The Balaban J connectivity index is 1.75. The molecule has 0 aromatic carbocycles. The summed E-state index contributed by atoms with van der Waals surface area (Å²) in [7, 11) is 1.37. The second kappa shape index (κ2) is 4.59. The van der Waals surface area contributed by atoms with Crippen molar-refractivity contribution in [2.45, 2.75) is 32.2 Å². The molecule has 2 aliphatic rings. The van der Waals surface area contributed by atoms with Crippen molar-refractivity contribution < 1.29 is 14.3 Å². The number of amides is 1. The molecule has 1 amide bonds. The van der Waals surface area contributed by atoms with Gasteiger partial charge in [0, 0.05) is 11.4 Å². The van der Waals surface area contributed by atoms with Crippen LogP contribution in [0.2, 0.25) is 0 Å². The van der Waals surface area contributed by atoms with Crippen molar-refractivity contribution in [2.75, 3.05) is 12.0 Å². The van der Waals surface area contributed by atoms with Crippen LogP contribution in [0.25, 0.3) is 0 Å². The number of aromatic nitrogens is 1. The van der Waals surface area contributed by atoms with Crippen molar-refractivity contribution in [3.05, 3.63) is 11.1 Å². The Labute approximate surface area is 115 Å². The molecule has 1 aromatic rings. The number of thiazole rings is 1. The van der Waals surface area contributed by atoms with Crippen LogP contribution in [-0.2, 0) is 14.3 Å². The van der Waals surface area contributed by atoms with E-state index in [2.05, 4.69) is 4.98 Å². The normalized spacial score (nSPS) is 24.9. The minimum absolute atomic E-state index is 0.0345. The lowest BCUT2D eigenvalue weighted by Gasteiger charge is -2.19. The zero-order valence-electron chi connectivity index (χ0n) is 11.0. The lowest BCUT2D eigenvalue weighted by Crippen LogP contribution is -2.35. The van der Waals surface area contributed by atoms with Crippen LogP contribution in [0, 0.1) is 18.8 Å². The van der Waals surface area contributed by atoms with Crippen LogP contribution in [0.3, 0.4) is 0 Å². The molecule has 2 fully saturated rings. The smallest absolute Gasteiger partial charge is 0.309 e. The standard InChI is InChI=1S/C13H16N2O3S/c1-7-6-19-13(14-7)15(8-3-4-8)11(16)9-5-10(9)12(17)18-2/h6,8-10H,3-5H2,1-2H3/t9-,10+/m1/s1. The van der Waals surface area contributed by atoms with E-state index >= 15 is 0 Å². The molecule has 0 N–H and O–H groups in total. The summed E-state index contributed by atoms with van der Waals surface area (Å²) < 4.78 is 4.70. The summed E-state index contributed by atoms with van der Waals surface area (Å²) in [6.45, 7) is 1.92. The number of ether oxygens (including phenoxy) is 1. The highest BCUT2D eigenvalue weighted by molar-refractivity contribution is 7.14. The topological polar surface area (TPSA) is 59.5 Å². The minimum Gasteiger partial charge on any atom is -0.469 e. The molecule has 5 nitrogen and oxygen atoms in total. The van der Waals surface area contributed by atoms with Crippen molar-refractivity contribution in [1.29, 1.82) is 0 Å². The molecule has 2 saturated carbocycles. The Kier molecular flexibility index (Phi) is 3.05. The summed E-state index contributed by atoms with van der Waals surface area (Å²) in [6.07, 6.45) is 2.67. The Bertz CT molecular complexity index is 524. The first kappa shape index (κ1) is 12.6. The van der Waals surface area contributed by atoms with E-state index in [4.69, 9.17) is 4.74 Å². The molecular weight excluding hydrogens is 264 g/mol. The van der Waals surface area contributed by atoms with Gasteiger partial charge in [0.1, 0.15) is 0 Å². The van der Waals surface area contributed by atoms with Gasteiger partial charge in [-0.2, -0.15) is 0 Å². The van der Waals surface area contributed by atoms with Crippen molar-refractivity contribution in [2.24, 2.45) is 11.8 Å². The van der Waals surface area contributed by atoms with E-state index in [-0.39, 0.29) is 29.8 Å². The number of nitrogens with zero attached hydrogens (tertiary/aromatic N) is 2. The third-order valence-corrected chi connectivity index (χ3v) is 4.53. The predicted molar refractivity (Wildman–Crippen MR) is 71.0 cm³/mol. The maximum Gasteiger partial charge on any atom is 0.309 e. The maximum atomic E-state index is 12.5. The van der Waals surface area contributed by atoms with Gasteiger partial charge >= 0.3 is 5.97 Å². The molecule has 102 valence electrons. The third-order valence-electron chi connectivity index (χ3n) is 3.57. The number of methoxy groups -OCH3 is 1. The molecule has 0 unspecified atom stereocenters. The van der Waals surface area contributed by atoms with E-state index in [0.717, 1.165) is 23.7 Å². The fourth-order valence-electron chi connectivity index (χ4n) is 2.27. The Hall–Kier alpha value is -1.43. The number of hydrogen-bond acceptors (Lipinski definition) is 5. The van der Waals surface area contributed by atoms with Crippen LogP contribution in [0.15, 0.2) is 5.38 Å². The van der Waals surface area contributed by atoms with Crippen molar-refractivity contribution in [3.63, 3.8) is 0 Å². The molecule has 19 heavy (non-hydrogen) atoms. The Morgan fingerprint density at radius 3 is 2.68 bits per heavy atom. The van der Waals surface area contributed by atoms with Gasteiger partial charge in [0.15, 0.2) is 5.13 Å². The molecule has 3 rings (SSSR count). The van der Waals surface area contributed by atoms with Gasteiger partial charge in [0.05, 0.1) is 24.6 Å². The first-order chi connectivity index (χ1) is 9.11.